The van der Waals surface area contributed by atoms with E-state index in [1.54, 1.807) is 12.1 Å². The lowest BCUT2D eigenvalue weighted by atomic mass is 9.77. The number of halogens is 3. The first-order chi connectivity index (χ1) is 9.48. The number of aliphatic hydroxyl groups is 1. The number of hydrogen-bond acceptors (Lipinski definition) is 2. The molecule has 2 nitrogen and oxygen atoms in total. The highest BCUT2D eigenvalue weighted by molar-refractivity contribution is 9.10. The van der Waals surface area contributed by atoms with E-state index in [0.717, 1.165) is 25.8 Å². The molecule has 0 heterocycles. The molecular formula is C15H20BrClFNO. The topological polar surface area (TPSA) is 32.3 Å². The summed E-state index contributed by atoms with van der Waals surface area (Å²) in [6, 6.07) is 3.75. The predicted octanol–water partition coefficient (Wildman–Crippen LogP) is 4.37. The monoisotopic (exact) mass is 363 g/mol. The minimum atomic E-state index is -1.10. The average molecular weight is 365 g/mol. The highest BCUT2D eigenvalue weighted by Crippen LogP contribution is 2.41. The zero-order valence-electron chi connectivity index (χ0n) is 11.6. The van der Waals surface area contributed by atoms with Gasteiger partial charge in [0.25, 0.3) is 0 Å². The van der Waals surface area contributed by atoms with E-state index in [2.05, 4.69) is 28.2 Å². The normalized spacial score (nSPS) is 26.8. The molecule has 0 bridgehead atoms. The Morgan fingerprint density at radius 3 is 2.70 bits per heavy atom. The summed E-state index contributed by atoms with van der Waals surface area (Å²) in [7, 11) is 0. The Kier molecular flexibility index (Phi) is 5.46. The van der Waals surface area contributed by atoms with Crippen molar-refractivity contribution in [2.45, 2.75) is 50.7 Å². The lowest BCUT2D eigenvalue weighted by molar-refractivity contribution is -0.0112. The zero-order valence-corrected chi connectivity index (χ0v) is 13.9. The van der Waals surface area contributed by atoms with Gasteiger partial charge in [0.15, 0.2) is 0 Å². The molecule has 20 heavy (non-hydrogen) atoms. The fourth-order valence-electron chi connectivity index (χ4n) is 2.80. The first-order valence-corrected chi connectivity index (χ1v) is 8.25. The molecule has 0 saturated heterocycles. The summed E-state index contributed by atoms with van der Waals surface area (Å²) in [6.45, 7) is 3.12. The van der Waals surface area contributed by atoms with Crippen LogP contribution in [-0.4, -0.2) is 17.7 Å². The van der Waals surface area contributed by atoms with Crippen LogP contribution in [0.25, 0.3) is 0 Å². The SMILES string of the molecule is CCCNC1CCC(O)(c2ccc(Br)c(Cl)c2F)CC1. The molecule has 1 aromatic carbocycles. The number of hydrogen-bond donors (Lipinski definition) is 2. The summed E-state index contributed by atoms with van der Waals surface area (Å²) < 4.78 is 14.8. The summed E-state index contributed by atoms with van der Waals surface area (Å²) in [4.78, 5) is 0. The standard InChI is InChI=1S/C15H20BrClFNO/c1-2-9-19-10-5-7-15(20,8-6-10)11-3-4-12(16)13(17)14(11)18/h3-4,10,19-20H,2,5-9H2,1H3. The second kappa shape index (κ2) is 6.73. The fourth-order valence-corrected chi connectivity index (χ4v) is 3.27. The molecule has 112 valence electrons. The van der Waals surface area contributed by atoms with Gasteiger partial charge in [-0.1, -0.05) is 24.6 Å². The third-order valence-corrected chi connectivity index (χ3v) is 5.29. The van der Waals surface area contributed by atoms with Crippen LogP contribution in [0.2, 0.25) is 5.02 Å². The largest absolute Gasteiger partial charge is 0.385 e. The van der Waals surface area contributed by atoms with E-state index in [-0.39, 0.29) is 5.02 Å². The van der Waals surface area contributed by atoms with Crippen molar-refractivity contribution in [3.05, 3.63) is 33.0 Å². The molecule has 2 rings (SSSR count). The van der Waals surface area contributed by atoms with Gasteiger partial charge in [-0.25, -0.2) is 4.39 Å². The van der Waals surface area contributed by atoms with Gasteiger partial charge < -0.3 is 10.4 Å². The van der Waals surface area contributed by atoms with E-state index in [4.69, 9.17) is 11.6 Å². The van der Waals surface area contributed by atoms with Crippen LogP contribution in [0, 0.1) is 5.82 Å². The van der Waals surface area contributed by atoms with Crippen LogP contribution in [0.3, 0.4) is 0 Å². The van der Waals surface area contributed by atoms with Gasteiger partial charge in [-0.15, -0.1) is 0 Å². The number of benzene rings is 1. The van der Waals surface area contributed by atoms with E-state index in [0.29, 0.717) is 28.9 Å². The maximum Gasteiger partial charge on any atom is 0.149 e. The maximum atomic E-state index is 14.3. The molecule has 1 aliphatic rings. The molecule has 0 spiro atoms. The lowest BCUT2D eigenvalue weighted by Gasteiger charge is -2.37. The molecule has 0 aliphatic heterocycles. The van der Waals surface area contributed by atoms with Crippen LogP contribution >= 0.6 is 27.5 Å². The molecule has 0 atom stereocenters. The zero-order chi connectivity index (χ0) is 14.8. The second-order valence-corrected chi connectivity index (χ2v) is 6.72. The first-order valence-electron chi connectivity index (χ1n) is 7.07. The van der Waals surface area contributed by atoms with Crippen LogP contribution < -0.4 is 5.32 Å². The Bertz CT molecular complexity index is 475. The molecule has 0 amide bonds. The molecule has 5 heteroatoms. The van der Waals surface area contributed by atoms with E-state index >= 15 is 0 Å². The quantitative estimate of drug-likeness (QED) is 0.778. The van der Waals surface area contributed by atoms with E-state index in [9.17, 15) is 9.50 Å². The lowest BCUT2D eigenvalue weighted by Crippen LogP contribution is -2.40. The molecule has 1 aliphatic carbocycles. The van der Waals surface area contributed by atoms with E-state index in [1.165, 1.54) is 0 Å². The number of nitrogens with one attached hydrogen (secondary N) is 1. The molecule has 1 aromatic rings. The van der Waals surface area contributed by atoms with Crippen molar-refractivity contribution in [2.75, 3.05) is 6.54 Å². The van der Waals surface area contributed by atoms with Crippen LogP contribution in [-0.2, 0) is 5.60 Å². The van der Waals surface area contributed by atoms with Crippen LogP contribution in [0.5, 0.6) is 0 Å². The van der Waals surface area contributed by atoms with Crippen molar-refractivity contribution >= 4 is 27.5 Å². The molecule has 2 N–H and O–H groups in total. The Hall–Kier alpha value is -0.160. The van der Waals surface area contributed by atoms with Gasteiger partial charge in [-0.3, -0.25) is 0 Å². The van der Waals surface area contributed by atoms with Gasteiger partial charge in [0.2, 0.25) is 0 Å². The van der Waals surface area contributed by atoms with Crippen molar-refractivity contribution in [3.63, 3.8) is 0 Å². The van der Waals surface area contributed by atoms with Gasteiger partial charge in [-0.2, -0.15) is 0 Å². The Labute approximate surface area is 132 Å². The van der Waals surface area contributed by atoms with Gasteiger partial charge in [0, 0.05) is 16.1 Å². The van der Waals surface area contributed by atoms with E-state index in [1.807, 2.05) is 0 Å². The minimum Gasteiger partial charge on any atom is -0.385 e. The Morgan fingerprint density at radius 1 is 1.45 bits per heavy atom. The van der Waals surface area contributed by atoms with Crippen molar-refractivity contribution in [1.82, 2.24) is 5.32 Å². The van der Waals surface area contributed by atoms with Gasteiger partial charge in [-0.05, 0) is 60.6 Å². The summed E-state index contributed by atoms with van der Waals surface area (Å²) >= 11 is 9.11. The Morgan fingerprint density at radius 2 is 2.10 bits per heavy atom. The average Bonchev–Trinajstić information content (AvgIpc) is 2.44. The van der Waals surface area contributed by atoms with Crippen LogP contribution in [0.1, 0.15) is 44.6 Å². The fraction of sp³-hybridized carbons (Fsp3) is 0.600. The highest BCUT2D eigenvalue weighted by Gasteiger charge is 2.37. The van der Waals surface area contributed by atoms with Crippen molar-refractivity contribution in [2.24, 2.45) is 0 Å². The summed E-state index contributed by atoms with van der Waals surface area (Å²) in [6.07, 6.45) is 3.91. The smallest absolute Gasteiger partial charge is 0.149 e. The maximum absolute atomic E-state index is 14.3. The van der Waals surface area contributed by atoms with Crippen molar-refractivity contribution in [1.29, 1.82) is 0 Å². The molecular weight excluding hydrogens is 345 g/mol. The van der Waals surface area contributed by atoms with Crippen LogP contribution in [0.4, 0.5) is 4.39 Å². The summed E-state index contributed by atoms with van der Waals surface area (Å²) in [5.74, 6) is -0.511. The van der Waals surface area contributed by atoms with Gasteiger partial charge in [0.05, 0.1) is 10.6 Å². The van der Waals surface area contributed by atoms with Crippen LogP contribution in [0.15, 0.2) is 16.6 Å². The molecule has 1 fully saturated rings. The first kappa shape index (κ1) is 16.2. The highest BCUT2D eigenvalue weighted by atomic mass is 79.9. The summed E-state index contributed by atoms with van der Waals surface area (Å²) in [5.41, 5.74) is -0.779. The minimum absolute atomic E-state index is 0.0437. The van der Waals surface area contributed by atoms with Crippen molar-refractivity contribution < 1.29 is 9.50 Å². The number of rotatable bonds is 4. The molecule has 1 saturated carbocycles. The summed E-state index contributed by atoms with van der Waals surface area (Å²) in [5, 5.41) is 14.2. The Balaban J connectivity index is 2.12. The van der Waals surface area contributed by atoms with E-state index < -0.39 is 11.4 Å². The van der Waals surface area contributed by atoms with Crippen molar-refractivity contribution in [3.8, 4) is 0 Å². The van der Waals surface area contributed by atoms with Gasteiger partial charge >= 0.3 is 0 Å². The molecule has 0 unspecified atom stereocenters. The second-order valence-electron chi connectivity index (χ2n) is 5.48. The third-order valence-electron chi connectivity index (χ3n) is 4.03. The predicted molar refractivity (Wildman–Crippen MR) is 83.6 cm³/mol. The molecule has 0 radical (unpaired) electrons. The third kappa shape index (κ3) is 3.35. The van der Waals surface area contributed by atoms with Gasteiger partial charge in [0.1, 0.15) is 5.82 Å². The molecule has 0 aromatic heterocycles.